The van der Waals surface area contributed by atoms with Crippen molar-refractivity contribution in [3.63, 3.8) is 0 Å². The molecule has 2 aromatic carbocycles. The average molecular weight is 418 g/mol. The summed E-state index contributed by atoms with van der Waals surface area (Å²) < 4.78 is 16.3. The first-order valence-corrected chi connectivity index (χ1v) is 10.3. The number of hydrogen-bond acceptors (Lipinski definition) is 7. The van der Waals surface area contributed by atoms with Gasteiger partial charge in [-0.1, -0.05) is 23.7 Å². The van der Waals surface area contributed by atoms with E-state index in [0.717, 1.165) is 46.4 Å². The molecule has 0 aliphatic rings. The molecule has 1 N–H and O–H groups in total. The van der Waals surface area contributed by atoms with Crippen LogP contribution in [0.4, 0.5) is 5.82 Å². The van der Waals surface area contributed by atoms with E-state index in [4.69, 9.17) is 19.0 Å². The van der Waals surface area contributed by atoms with Gasteiger partial charge < -0.3 is 19.3 Å². The molecule has 0 saturated heterocycles. The molecule has 7 nitrogen and oxygen atoms in total. The molecule has 160 valence electrons. The van der Waals surface area contributed by atoms with Crippen LogP contribution in [0, 0.1) is 6.92 Å². The number of rotatable bonds is 8. The lowest BCUT2D eigenvalue weighted by Crippen LogP contribution is -2.06. The van der Waals surface area contributed by atoms with Crippen LogP contribution in [0.25, 0.3) is 22.3 Å². The molecule has 0 bridgehead atoms. The van der Waals surface area contributed by atoms with Crippen LogP contribution in [0.3, 0.4) is 0 Å². The fourth-order valence-corrected chi connectivity index (χ4v) is 3.48. The SMILES string of the molecule is CCCc1nc(-c2cc3cc(C)ccc3nc2NCc2cc(OC)ccc2OC)no1. The zero-order valence-corrected chi connectivity index (χ0v) is 18.2. The van der Waals surface area contributed by atoms with Crippen molar-refractivity contribution in [3.8, 4) is 22.9 Å². The molecule has 4 rings (SSSR count). The zero-order valence-electron chi connectivity index (χ0n) is 18.2. The monoisotopic (exact) mass is 418 g/mol. The molecule has 0 radical (unpaired) electrons. The molecular formula is C24H26N4O3. The van der Waals surface area contributed by atoms with Crippen molar-refractivity contribution in [1.82, 2.24) is 15.1 Å². The average Bonchev–Trinajstić information content (AvgIpc) is 3.25. The molecule has 0 atom stereocenters. The summed E-state index contributed by atoms with van der Waals surface area (Å²) in [5.41, 5.74) is 3.82. The van der Waals surface area contributed by atoms with Crippen molar-refractivity contribution >= 4 is 16.7 Å². The quantitative estimate of drug-likeness (QED) is 0.422. The van der Waals surface area contributed by atoms with E-state index < -0.39 is 0 Å². The van der Waals surface area contributed by atoms with Crippen molar-refractivity contribution in [2.24, 2.45) is 0 Å². The highest BCUT2D eigenvalue weighted by Gasteiger charge is 2.16. The van der Waals surface area contributed by atoms with E-state index in [1.165, 1.54) is 5.56 Å². The van der Waals surface area contributed by atoms with E-state index in [9.17, 15) is 0 Å². The number of nitrogens with zero attached hydrogens (tertiary/aromatic N) is 3. The van der Waals surface area contributed by atoms with Crippen LogP contribution in [0.2, 0.25) is 0 Å². The zero-order chi connectivity index (χ0) is 21.8. The second-order valence-electron chi connectivity index (χ2n) is 7.37. The highest BCUT2D eigenvalue weighted by molar-refractivity contribution is 5.88. The number of ether oxygens (including phenoxy) is 2. The van der Waals surface area contributed by atoms with Gasteiger partial charge in [0.25, 0.3) is 0 Å². The molecule has 0 unspecified atom stereocenters. The van der Waals surface area contributed by atoms with Crippen LogP contribution in [-0.2, 0) is 13.0 Å². The standard InChI is InChI=1S/C24H26N4O3/c1-5-6-22-27-24(28-31-22)19-13-16-11-15(2)7-9-20(16)26-23(19)25-14-17-12-18(29-3)8-10-21(17)30-4/h7-13H,5-6,14H2,1-4H3,(H,25,26). The third-order valence-corrected chi connectivity index (χ3v) is 5.08. The van der Waals surface area contributed by atoms with Gasteiger partial charge in [0.05, 0.1) is 25.3 Å². The third kappa shape index (κ3) is 4.45. The van der Waals surface area contributed by atoms with Gasteiger partial charge >= 0.3 is 0 Å². The minimum atomic E-state index is 0.497. The molecule has 2 aromatic heterocycles. The topological polar surface area (TPSA) is 82.3 Å². The minimum absolute atomic E-state index is 0.497. The second-order valence-corrected chi connectivity index (χ2v) is 7.37. The lowest BCUT2D eigenvalue weighted by atomic mass is 10.1. The summed E-state index contributed by atoms with van der Waals surface area (Å²) in [7, 11) is 3.30. The number of methoxy groups -OCH3 is 2. The van der Waals surface area contributed by atoms with Gasteiger partial charge in [0.2, 0.25) is 11.7 Å². The maximum Gasteiger partial charge on any atom is 0.226 e. The van der Waals surface area contributed by atoms with E-state index in [-0.39, 0.29) is 0 Å². The number of benzene rings is 2. The molecule has 0 spiro atoms. The Morgan fingerprint density at radius 3 is 2.65 bits per heavy atom. The Morgan fingerprint density at radius 2 is 1.87 bits per heavy atom. The van der Waals surface area contributed by atoms with E-state index in [0.29, 0.717) is 24.1 Å². The number of fused-ring (bicyclic) bond motifs is 1. The molecule has 0 aliphatic heterocycles. The summed E-state index contributed by atoms with van der Waals surface area (Å²) in [5.74, 6) is 3.38. The second kappa shape index (κ2) is 9.04. The smallest absolute Gasteiger partial charge is 0.226 e. The predicted octanol–water partition coefficient (Wildman–Crippen LogP) is 5.18. The Labute approximate surface area is 181 Å². The molecule has 0 aliphatic carbocycles. The molecule has 0 saturated carbocycles. The van der Waals surface area contributed by atoms with Crippen LogP contribution < -0.4 is 14.8 Å². The highest BCUT2D eigenvalue weighted by Crippen LogP contribution is 2.31. The van der Waals surface area contributed by atoms with Crippen molar-refractivity contribution < 1.29 is 14.0 Å². The maximum absolute atomic E-state index is 5.51. The van der Waals surface area contributed by atoms with E-state index >= 15 is 0 Å². The number of aryl methyl sites for hydroxylation is 2. The summed E-state index contributed by atoms with van der Waals surface area (Å²) in [6.07, 6.45) is 1.69. The lowest BCUT2D eigenvalue weighted by Gasteiger charge is -2.14. The van der Waals surface area contributed by atoms with Gasteiger partial charge in [-0.2, -0.15) is 4.98 Å². The Bertz CT molecular complexity index is 1200. The van der Waals surface area contributed by atoms with E-state index in [2.05, 4.69) is 47.5 Å². The summed E-state index contributed by atoms with van der Waals surface area (Å²) in [6, 6.07) is 13.9. The van der Waals surface area contributed by atoms with Crippen molar-refractivity contribution in [2.75, 3.05) is 19.5 Å². The van der Waals surface area contributed by atoms with Crippen molar-refractivity contribution in [3.05, 3.63) is 59.5 Å². The normalized spacial score (nSPS) is 11.0. The van der Waals surface area contributed by atoms with Gasteiger partial charge in [-0.25, -0.2) is 4.98 Å². The Morgan fingerprint density at radius 1 is 1.00 bits per heavy atom. The molecule has 2 heterocycles. The molecule has 0 amide bonds. The van der Waals surface area contributed by atoms with Gasteiger partial charge in [-0.3, -0.25) is 0 Å². The highest BCUT2D eigenvalue weighted by atomic mass is 16.5. The first-order chi connectivity index (χ1) is 15.1. The number of anilines is 1. The maximum atomic E-state index is 5.51. The van der Waals surface area contributed by atoms with Crippen molar-refractivity contribution in [2.45, 2.75) is 33.2 Å². The fourth-order valence-electron chi connectivity index (χ4n) is 3.48. The predicted molar refractivity (Wildman–Crippen MR) is 121 cm³/mol. The third-order valence-electron chi connectivity index (χ3n) is 5.08. The van der Waals surface area contributed by atoms with Crippen LogP contribution in [0.1, 0.15) is 30.4 Å². The molecule has 0 fully saturated rings. The Hall–Kier alpha value is -3.61. The summed E-state index contributed by atoms with van der Waals surface area (Å²) >= 11 is 0. The summed E-state index contributed by atoms with van der Waals surface area (Å²) in [6.45, 7) is 4.64. The van der Waals surface area contributed by atoms with Crippen LogP contribution in [0.5, 0.6) is 11.5 Å². The minimum Gasteiger partial charge on any atom is -0.497 e. The molecular weight excluding hydrogens is 392 g/mol. The number of aromatic nitrogens is 3. The van der Waals surface area contributed by atoms with Gasteiger partial charge in [0.15, 0.2) is 0 Å². The lowest BCUT2D eigenvalue weighted by molar-refractivity contribution is 0.378. The van der Waals surface area contributed by atoms with Gasteiger partial charge in [0, 0.05) is 23.9 Å². The largest absolute Gasteiger partial charge is 0.497 e. The summed E-state index contributed by atoms with van der Waals surface area (Å²) in [5, 5.41) is 8.66. The molecule has 31 heavy (non-hydrogen) atoms. The fraction of sp³-hybridized carbons (Fsp3) is 0.292. The summed E-state index contributed by atoms with van der Waals surface area (Å²) in [4.78, 5) is 9.43. The van der Waals surface area contributed by atoms with Crippen LogP contribution >= 0.6 is 0 Å². The van der Waals surface area contributed by atoms with E-state index in [1.54, 1.807) is 14.2 Å². The number of pyridine rings is 1. The number of hydrogen-bond donors (Lipinski definition) is 1. The molecule has 4 aromatic rings. The Balaban J connectivity index is 1.74. The van der Waals surface area contributed by atoms with Crippen molar-refractivity contribution in [1.29, 1.82) is 0 Å². The molecule has 7 heteroatoms. The first-order valence-electron chi connectivity index (χ1n) is 10.3. The van der Waals surface area contributed by atoms with E-state index in [1.807, 2.05) is 24.3 Å². The van der Waals surface area contributed by atoms with Gasteiger partial charge in [0.1, 0.15) is 17.3 Å². The Kier molecular flexibility index (Phi) is 6.02. The van der Waals surface area contributed by atoms with Crippen LogP contribution in [0.15, 0.2) is 47.0 Å². The van der Waals surface area contributed by atoms with Gasteiger partial charge in [-0.05, 0) is 49.7 Å². The first kappa shape index (κ1) is 20.7. The van der Waals surface area contributed by atoms with Gasteiger partial charge in [-0.15, -0.1) is 0 Å². The van der Waals surface area contributed by atoms with Crippen LogP contribution in [-0.4, -0.2) is 29.3 Å². The number of nitrogens with one attached hydrogen (secondary N) is 1.